The van der Waals surface area contributed by atoms with Crippen molar-refractivity contribution in [1.29, 1.82) is 0 Å². The monoisotopic (exact) mass is 392 g/mol. The lowest BCUT2D eigenvalue weighted by atomic mass is 10.1. The summed E-state index contributed by atoms with van der Waals surface area (Å²) in [6.45, 7) is 1.27. The van der Waals surface area contributed by atoms with E-state index in [0.717, 1.165) is 23.9 Å². The second-order valence-electron chi connectivity index (χ2n) is 4.34. The van der Waals surface area contributed by atoms with Crippen molar-refractivity contribution in [2.24, 2.45) is 0 Å². The summed E-state index contributed by atoms with van der Waals surface area (Å²) in [5.41, 5.74) is 0.466. The van der Waals surface area contributed by atoms with Crippen LogP contribution in [0, 0.1) is 0 Å². The predicted molar refractivity (Wildman–Crippen MR) is 77.0 cm³/mol. The maximum absolute atomic E-state index is 11.4. The van der Waals surface area contributed by atoms with Crippen LogP contribution in [0.4, 0.5) is 0 Å². The molecule has 0 radical (unpaired) electrons. The molecule has 2 heterocycles. The van der Waals surface area contributed by atoms with Crippen LogP contribution >= 0.6 is 31.9 Å². The Balaban J connectivity index is 2.08. The average molecular weight is 394 g/mol. The third-order valence-electron chi connectivity index (χ3n) is 2.93. The van der Waals surface area contributed by atoms with Gasteiger partial charge in [-0.15, -0.1) is 0 Å². The molecule has 0 saturated carbocycles. The van der Waals surface area contributed by atoms with Crippen LogP contribution in [0.25, 0.3) is 0 Å². The Morgan fingerprint density at radius 1 is 1.63 bits per heavy atom. The van der Waals surface area contributed by atoms with Gasteiger partial charge in [0.15, 0.2) is 0 Å². The summed E-state index contributed by atoms with van der Waals surface area (Å²) in [5.74, 6) is -0.950. The van der Waals surface area contributed by atoms with Crippen molar-refractivity contribution in [1.82, 2.24) is 10.3 Å². The molecule has 104 valence electrons. The van der Waals surface area contributed by atoms with E-state index >= 15 is 0 Å². The lowest BCUT2D eigenvalue weighted by molar-refractivity contribution is -0.139. The number of pyridine rings is 1. The third-order valence-corrected chi connectivity index (χ3v) is 4.00. The van der Waals surface area contributed by atoms with Crippen LogP contribution in [0.2, 0.25) is 0 Å². The molecule has 19 heavy (non-hydrogen) atoms. The number of carboxylic acids is 1. The van der Waals surface area contributed by atoms with Gasteiger partial charge < -0.3 is 9.84 Å². The number of aromatic nitrogens is 1. The maximum Gasteiger partial charge on any atom is 0.327 e. The van der Waals surface area contributed by atoms with Gasteiger partial charge in [-0.2, -0.15) is 0 Å². The van der Waals surface area contributed by atoms with Crippen LogP contribution in [0.1, 0.15) is 24.6 Å². The van der Waals surface area contributed by atoms with Gasteiger partial charge in [0.05, 0.1) is 11.8 Å². The summed E-state index contributed by atoms with van der Waals surface area (Å²) in [7, 11) is 0. The van der Waals surface area contributed by atoms with Gasteiger partial charge in [0.2, 0.25) is 0 Å². The van der Waals surface area contributed by atoms with Gasteiger partial charge in [-0.3, -0.25) is 15.1 Å². The zero-order valence-electron chi connectivity index (χ0n) is 10.1. The Labute approximate surface area is 128 Å². The molecule has 2 unspecified atom stereocenters. The third kappa shape index (κ3) is 3.98. The smallest absolute Gasteiger partial charge is 0.327 e. The minimum atomic E-state index is -0.950. The fourth-order valence-electron chi connectivity index (χ4n) is 1.99. The summed E-state index contributed by atoms with van der Waals surface area (Å²) in [6, 6.07) is 0.943. The van der Waals surface area contributed by atoms with Crippen molar-refractivity contribution in [3.8, 4) is 0 Å². The van der Waals surface area contributed by atoms with Crippen LogP contribution in [-0.2, 0) is 9.53 Å². The van der Waals surface area contributed by atoms with Crippen molar-refractivity contribution in [3.63, 3.8) is 0 Å². The first-order valence-corrected chi connectivity index (χ1v) is 7.55. The molecule has 2 N–H and O–H groups in total. The van der Waals surface area contributed by atoms with E-state index < -0.39 is 12.0 Å². The first-order chi connectivity index (χ1) is 9.08. The van der Waals surface area contributed by atoms with E-state index in [4.69, 9.17) is 4.74 Å². The largest absolute Gasteiger partial charge is 0.480 e. The Kier molecular flexibility index (Phi) is 5.32. The molecule has 0 amide bonds. The summed E-state index contributed by atoms with van der Waals surface area (Å²) in [4.78, 5) is 15.5. The maximum atomic E-state index is 11.4. The Morgan fingerprint density at radius 2 is 2.42 bits per heavy atom. The highest BCUT2D eigenvalue weighted by molar-refractivity contribution is 9.11. The van der Waals surface area contributed by atoms with Crippen molar-refractivity contribution in [2.75, 3.05) is 13.2 Å². The van der Waals surface area contributed by atoms with Crippen molar-refractivity contribution >= 4 is 37.8 Å². The Bertz CT molecular complexity index is 464. The first-order valence-electron chi connectivity index (χ1n) is 5.96. The number of halogens is 2. The molecular formula is C12H14Br2N2O3. The number of nitrogens with one attached hydrogen (secondary N) is 1. The lowest BCUT2D eigenvalue weighted by Gasteiger charge is -2.18. The van der Waals surface area contributed by atoms with Crippen LogP contribution in [0.5, 0.6) is 0 Å². The summed E-state index contributed by atoms with van der Waals surface area (Å²) >= 11 is 6.64. The van der Waals surface area contributed by atoms with Crippen molar-refractivity contribution < 1.29 is 14.6 Å². The van der Waals surface area contributed by atoms with E-state index in [1.807, 2.05) is 0 Å². The van der Waals surface area contributed by atoms with E-state index in [1.54, 1.807) is 12.3 Å². The van der Waals surface area contributed by atoms with Crippen molar-refractivity contribution in [2.45, 2.75) is 25.0 Å². The molecule has 0 spiro atoms. The van der Waals surface area contributed by atoms with Crippen LogP contribution in [0.15, 0.2) is 21.2 Å². The number of aliphatic carboxylic acids is 1. The summed E-state index contributed by atoms with van der Waals surface area (Å²) < 4.78 is 6.93. The Hall–Kier alpha value is -0.500. The van der Waals surface area contributed by atoms with Crippen molar-refractivity contribution in [3.05, 3.63) is 26.9 Å². The number of rotatable bonds is 5. The molecule has 0 bridgehead atoms. The molecule has 0 aromatic carbocycles. The van der Waals surface area contributed by atoms with E-state index in [9.17, 15) is 9.90 Å². The minimum Gasteiger partial charge on any atom is -0.480 e. The van der Waals surface area contributed by atoms with Gasteiger partial charge in [0, 0.05) is 28.3 Å². The minimum absolute atomic E-state index is 0.0936. The van der Waals surface area contributed by atoms with Crippen LogP contribution in [-0.4, -0.2) is 35.3 Å². The second-order valence-corrected chi connectivity index (χ2v) is 6.11. The van der Waals surface area contributed by atoms with E-state index in [-0.39, 0.29) is 6.10 Å². The molecule has 0 aliphatic carbocycles. The van der Waals surface area contributed by atoms with Gasteiger partial charge in [0.1, 0.15) is 6.04 Å². The molecule has 2 rings (SSSR count). The number of hydrogen-bond acceptors (Lipinski definition) is 4. The lowest BCUT2D eigenvalue weighted by Crippen LogP contribution is -2.35. The number of nitrogens with zero attached hydrogens (tertiary/aromatic N) is 1. The molecule has 1 aromatic heterocycles. The molecule has 1 aliphatic rings. The average Bonchev–Trinajstić information content (AvgIpc) is 2.84. The molecule has 7 heteroatoms. The fraction of sp³-hybridized carbons (Fsp3) is 0.500. The fourth-order valence-corrected chi connectivity index (χ4v) is 3.21. The van der Waals surface area contributed by atoms with Gasteiger partial charge in [0.25, 0.3) is 0 Å². The molecule has 1 aliphatic heterocycles. The number of carboxylic acid groups (broad SMARTS) is 1. The van der Waals surface area contributed by atoms with E-state index in [2.05, 4.69) is 42.2 Å². The van der Waals surface area contributed by atoms with E-state index in [1.165, 1.54) is 0 Å². The van der Waals surface area contributed by atoms with Gasteiger partial charge >= 0.3 is 5.97 Å². The van der Waals surface area contributed by atoms with E-state index in [0.29, 0.717) is 16.7 Å². The highest BCUT2D eigenvalue weighted by Crippen LogP contribution is 2.25. The molecule has 1 aromatic rings. The molecular weight excluding hydrogens is 380 g/mol. The summed E-state index contributed by atoms with van der Waals surface area (Å²) in [6.07, 6.45) is 3.68. The first kappa shape index (κ1) is 14.9. The van der Waals surface area contributed by atoms with Gasteiger partial charge in [-0.05, 0) is 50.8 Å². The van der Waals surface area contributed by atoms with Crippen LogP contribution in [0.3, 0.4) is 0 Å². The quantitative estimate of drug-likeness (QED) is 0.804. The normalized spacial score (nSPS) is 20.4. The predicted octanol–water partition coefficient (Wildman–Crippen LogP) is 2.50. The standard InChI is InChI=1S/C12H14Br2N2O3/c13-7-4-9(14)10(15-5-7)11(12(17)18)16-6-8-2-1-3-19-8/h4-5,8,11,16H,1-3,6H2,(H,17,18). The highest BCUT2D eigenvalue weighted by atomic mass is 79.9. The molecule has 2 atom stereocenters. The Morgan fingerprint density at radius 3 is 3.00 bits per heavy atom. The SMILES string of the molecule is O=C(O)C(NCC1CCCO1)c1ncc(Br)cc1Br. The number of ether oxygens (including phenoxy) is 1. The van der Waals surface area contributed by atoms with Crippen LogP contribution < -0.4 is 5.32 Å². The zero-order valence-corrected chi connectivity index (χ0v) is 13.3. The molecule has 1 saturated heterocycles. The second kappa shape index (κ2) is 6.78. The van der Waals surface area contributed by atoms with Gasteiger partial charge in [-0.25, -0.2) is 0 Å². The van der Waals surface area contributed by atoms with Gasteiger partial charge in [-0.1, -0.05) is 0 Å². The topological polar surface area (TPSA) is 71.5 Å². The number of hydrogen-bond donors (Lipinski definition) is 2. The number of carbonyl (C=O) groups is 1. The summed E-state index contributed by atoms with van der Waals surface area (Å²) in [5, 5.41) is 12.3. The molecule has 5 nitrogen and oxygen atoms in total. The highest BCUT2D eigenvalue weighted by Gasteiger charge is 2.25. The molecule has 1 fully saturated rings. The zero-order chi connectivity index (χ0) is 13.8.